The van der Waals surface area contributed by atoms with Crippen LogP contribution in [0.2, 0.25) is 0 Å². The number of hydrogen-bond acceptors (Lipinski definition) is 2. The van der Waals surface area contributed by atoms with Gasteiger partial charge in [-0.1, -0.05) is 36.4 Å². The lowest BCUT2D eigenvalue weighted by Crippen LogP contribution is -2.02. The molecule has 44 heavy (non-hydrogen) atoms. The van der Waals surface area contributed by atoms with E-state index in [1.165, 1.54) is 29.4 Å². The summed E-state index contributed by atoms with van der Waals surface area (Å²) in [5.74, 6) is 0. The second-order valence-corrected chi connectivity index (χ2v) is 16.4. The van der Waals surface area contributed by atoms with Crippen molar-refractivity contribution in [2.24, 2.45) is 0 Å². The first-order valence-electron chi connectivity index (χ1n) is 14.6. The molecular formula is C39H37N2S3+3. The minimum Gasteiger partial charge on any atom is -0.356 e. The van der Waals surface area contributed by atoms with Crippen LogP contribution in [0.4, 0.5) is 22.7 Å². The lowest BCUT2D eigenvalue weighted by Gasteiger charge is -2.10. The van der Waals surface area contributed by atoms with Crippen LogP contribution in [0.3, 0.4) is 0 Å². The molecule has 0 heterocycles. The van der Waals surface area contributed by atoms with E-state index in [2.05, 4.69) is 187 Å². The highest BCUT2D eigenvalue weighted by molar-refractivity contribution is 7.96. The van der Waals surface area contributed by atoms with E-state index in [-0.39, 0.29) is 32.7 Å². The maximum atomic E-state index is 3.56. The van der Waals surface area contributed by atoms with Crippen LogP contribution in [0, 0.1) is 0 Å². The molecule has 6 aromatic carbocycles. The molecule has 2 N–H and O–H groups in total. The molecule has 5 heteroatoms. The SMILES string of the molecule is C[S+](c1ccccc1)c1ccc(Nc2ccc([S+](C)c3ccc(Nc4ccc([S+](C)c5ccccc5)cc4)cc3)cc2)cc1. The Kier molecular flexibility index (Phi) is 9.67. The Labute approximate surface area is 270 Å². The van der Waals surface area contributed by atoms with E-state index >= 15 is 0 Å². The van der Waals surface area contributed by atoms with Crippen molar-refractivity contribution in [3.8, 4) is 0 Å². The van der Waals surface area contributed by atoms with Gasteiger partial charge in [-0.3, -0.25) is 0 Å². The van der Waals surface area contributed by atoms with Crippen LogP contribution in [0.25, 0.3) is 0 Å². The first kappa shape index (κ1) is 30.0. The van der Waals surface area contributed by atoms with Crippen LogP contribution >= 0.6 is 0 Å². The molecule has 0 amide bonds. The summed E-state index contributed by atoms with van der Waals surface area (Å²) in [4.78, 5) is 8.08. The second kappa shape index (κ2) is 14.2. The topological polar surface area (TPSA) is 24.1 Å². The van der Waals surface area contributed by atoms with Crippen LogP contribution in [0.5, 0.6) is 0 Å². The third-order valence-electron chi connectivity index (χ3n) is 7.60. The molecule has 6 aromatic rings. The molecule has 2 atom stereocenters. The molecule has 0 aliphatic carbocycles. The van der Waals surface area contributed by atoms with Crippen molar-refractivity contribution < 1.29 is 0 Å². The zero-order chi connectivity index (χ0) is 30.3. The van der Waals surface area contributed by atoms with Gasteiger partial charge in [0.1, 0.15) is 18.8 Å². The molecule has 0 aliphatic heterocycles. The van der Waals surface area contributed by atoms with Crippen LogP contribution in [-0.4, -0.2) is 18.8 Å². The Morgan fingerprint density at radius 2 is 0.477 bits per heavy atom. The van der Waals surface area contributed by atoms with Crippen molar-refractivity contribution >= 4 is 55.4 Å². The van der Waals surface area contributed by atoms with E-state index in [4.69, 9.17) is 0 Å². The minimum atomic E-state index is -0.0133. The molecule has 2 nitrogen and oxygen atoms in total. The molecule has 0 spiro atoms. The van der Waals surface area contributed by atoms with Crippen LogP contribution in [-0.2, 0) is 32.7 Å². The first-order chi connectivity index (χ1) is 21.5. The fraction of sp³-hybridized carbons (Fsp3) is 0.0769. The molecule has 0 fully saturated rings. The van der Waals surface area contributed by atoms with Gasteiger partial charge in [-0.15, -0.1) is 0 Å². The fourth-order valence-corrected chi connectivity index (χ4v) is 9.08. The van der Waals surface area contributed by atoms with E-state index in [0.29, 0.717) is 0 Å². The van der Waals surface area contributed by atoms with E-state index < -0.39 is 0 Å². The highest BCUT2D eigenvalue weighted by Crippen LogP contribution is 2.28. The lowest BCUT2D eigenvalue weighted by molar-refractivity contribution is 1.36. The summed E-state index contributed by atoms with van der Waals surface area (Å²) in [6.45, 7) is 0. The highest BCUT2D eigenvalue weighted by atomic mass is 32.2. The molecule has 0 saturated heterocycles. The molecular weight excluding hydrogens is 593 g/mol. The summed E-state index contributed by atoms with van der Waals surface area (Å²) in [5, 5.41) is 7.12. The van der Waals surface area contributed by atoms with Crippen LogP contribution in [0.15, 0.2) is 187 Å². The number of anilines is 4. The van der Waals surface area contributed by atoms with Crippen molar-refractivity contribution in [1.29, 1.82) is 0 Å². The van der Waals surface area contributed by atoms with E-state index in [1.807, 2.05) is 0 Å². The normalized spacial score (nSPS) is 13.1. The van der Waals surface area contributed by atoms with Crippen molar-refractivity contribution in [1.82, 2.24) is 0 Å². The monoisotopic (exact) mass is 629 g/mol. The molecule has 0 aromatic heterocycles. The Balaban J connectivity index is 1.04. The van der Waals surface area contributed by atoms with E-state index in [1.54, 1.807) is 0 Å². The summed E-state index contributed by atoms with van der Waals surface area (Å²) in [5.41, 5.74) is 4.40. The van der Waals surface area contributed by atoms with E-state index in [9.17, 15) is 0 Å². The van der Waals surface area contributed by atoms with Gasteiger partial charge in [-0.25, -0.2) is 0 Å². The van der Waals surface area contributed by atoms with Crippen molar-refractivity contribution in [3.05, 3.63) is 158 Å². The largest absolute Gasteiger partial charge is 0.356 e. The zero-order valence-corrected chi connectivity index (χ0v) is 27.7. The lowest BCUT2D eigenvalue weighted by atomic mass is 10.2. The van der Waals surface area contributed by atoms with Gasteiger partial charge in [0.15, 0.2) is 29.4 Å². The number of rotatable bonds is 10. The Hall–Kier alpha value is -4.03. The smallest absolute Gasteiger partial charge is 0.160 e. The summed E-state index contributed by atoms with van der Waals surface area (Å²) < 4.78 is 0. The van der Waals surface area contributed by atoms with Gasteiger partial charge < -0.3 is 10.6 Å². The fourth-order valence-electron chi connectivity index (χ4n) is 4.96. The molecule has 2 unspecified atom stereocenters. The van der Waals surface area contributed by atoms with Gasteiger partial charge in [0, 0.05) is 22.7 Å². The second-order valence-electron chi connectivity index (χ2n) is 10.5. The Morgan fingerprint density at radius 1 is 0.273 bits per heavy atom. The number of benzene rings is 6. The van der Waals surface area contributed by atoms with Crippen molar-refractivity contribution in [2.45, 2.75) is 29.4 Å². The number of hydrogen-bond donors (Lipinski definition) is 2. The van der Waals surface area contributed by atoms with Gasteiger partial charge in [0.25, 0.3) is 0 Å². The van der Waals surface area contributed by atoms with Gasteiger partial charge in [-0.05, 0) is 121 Å². The molecule has 0 radical (unpaired) electrons. The Morgan fingerprint density at radius 3 is 0.705 bits per heavy atom. The van der Waals surface area contributed by atoms with Crippen molar-refractivity contribution in [2.75, 3.05) is 29.4 Å². The molecule has 0 aliphatic rings. The third kappa shape index (κ3) is 7.36. The van der Waals surface area contributed by atoms with Gasteiger partial charge >= 0.3 is 0 Å². The third-order valence-corrected chi connectivity index (χ3v) is 13.5. The predicted octanol–water partition coefficient (Wildman–Crippen LogP) is 10.2. The Bertz CT molecular complexity index is 1620. The summed E-state index contributed by atoms with van der Waals surface area (Å²) in [7, 11) is 0.127. The maximum absolute atomic E-state index is 3.56. The zero-order valence-electron chi connectivity index (χ0n) is 25.2. The van der Waals surface area contributed by atoms with Gasteiger partial charge in [-0.2, -0.15) is 0 Å². The van der Waals surface area contributed by atoms with Crippen molar-refractivity contribution in [3.63, 3.8) is 0 Å². The molecule has 6 rings (SSSR count). The minimum absolute atomic E-state index is 0.0133. The van der Waals surface area contributed by atoms with Crippen LogP contribution < -0.4 is 10.6 Å². The van der Waals surface area contributed by atoms with Gasteiger partial charge in [0.05, 0.1) is 32.7 Å². The standard InChI is InChI=1S/C39H37N2S3/c1-42(34-10-6-4-7-11-34)36-22-14-30(15-23-36)40-32-18-26-38(27-19-32)44(3)39-28-20-33(21-29-39)41-31-16-24-37(25-17-31)43(2)35-12-8-5-9-13-35/h4-29,40-41H,1-3H3/q+3. The maximum Gasteiger partial charge on any atom is 0.160 e. The average molecular weight is 630 g/mol. The van der Waals surface area contributed by atoms with Gasteiger partial charge in [0.2, 0.25) is 0 Å². The number of nitrogens with one attached hydrogen (secondary N) is 2. The highest BCUT2D eigenvalue weighted by Gasteiger charge is 2.21. The summed E-state index contributed by atoms with van der Waals surface area (Å²) in [6, 6.07) is 56.7. The quantitative estimate of drug-likeness (QED) is 0.147. The van der Waals surface area contributed by atoms with E-state index in [0.717, 1.165) is 22.7 Å². The summed E-state index contributed by atoms with van der Waals surface area (Å²) >= 11 is 0. The molecule has 0 saturated carbocycles. The van der Waals surface area contributed by atoms with Crippen LogP contribution in [0.1, 0.15) is 0 Å². The average Bonchev–Trinajstić information content (AvgIpc) is 3.09. The first-order valence-corrected chi connectivity index (χ1v) is 19.5. The molecule has 218 valence electrons. The predicted molar refractivity (Wildman–Crippen MR) is 195 cm³/mol. The summed E-state index contributed by atoms with van der Waals surface area (Å²) in [6.07, 6.45) is 6.87. The molecule has 0 bridgehead atoms.